The summed E-state index contributed by atoms with van der Waals surface area (Å²) in [5.74, 6) is 0.309. The summed E-state index contributed by atoms with van der Waals surface area (Å²) in [4.78, 5) is 0. The van der Waals surface area contributed by atoms with Crippen molar-refractivity contribution in [1.82, 2.24) is 0 Å². The van der Waals surface area contributed by atoms with E-state index in [-0.39, 0.29) is 42.4 Å². The Morgan fingerprint density at radius 3 is 1.81 bits per heavy atom. The molecule has 0 aliphatic rings. The Balaban J connectivity index is 1.96. The van der Waals surface area contributed by atoms with Crippen LogP contribution < -0.4 is 4.74 Å². The Kier molecular flexibility index (Phi) is 7.05. The number of methoxy groups -OCH3 is 1. The fourth-order valence-corrected chi connectivity index (χ4v) is 3.66. The van der Waals surface area contributed by atoms with Gasteiger partial charge in [-0.2, -0.15) is 0 Å². The zero-order chi connectivity index (χ0) is 22.5. The summed E-state index contributed by atoms with van der Waals surface area (Å²) >= 11 is 0. The lowest BCUT2D eigenvalue weighted by Gasteiger charge is -2.16. The van der Waals surface area contributed by atoms with Crippen LogP contribution in [0.1, 0.15) is 52.8 Å². The predicted octanol–water partition coefficient (Wildman–Crippen LogP) is 3.93. The minimum absolute atomic E-state index is 0.0124. The van der Waals surface area contributed by atoms with E-state index < -0.39 is 6.10 Å². The third-order valence-electron chi connectivity index (χ3n) is 5.51. The highest BCUT2D eigenvalue weighted by Crippen LogP contribution is 2.37. The Hall–Kier alpha value is -3.22. The Morgan fingerprint density at radius 1 is 0.774 bits per heavy atom. The van der Waals surface area contributed by atoms with Gasteiger partial charge >= 0.3 is 0 Å². The van der Waals surface area contributed by atoms with Gasteiger partial charge in [0.25, 0.3) is 0 Å². The van der Waals surface area contributed by atoms with Gasteiger partial charge < -0.3 is 30.3 Å². The van der Waals surface area contributed by atoms with E-state index in [1.165, 1.54) is 7.11 Å². The van der Waals surface area contributed by atoms with Crippen molar-refractivity contribution in [2.24, 2.45) is 0 Å². The molecule has 0 heterocycles. The van der Waals surface area contributed by atoms with Crippen LogP contribution in [0.4, 0.5) is 0 Å². The summed E-state index contributed by atoms with van der Waals surface area (Å²) in [5.41, 5.74) is 3.39. The number of hydrogen-bond acceptors (Lipinski definition) is 6. The van der Waals surface area contributed by atoms with Gasteiger partial charge in [-0.05, 0) is 40.8 Å². The molecule has 3 rings (SSSR count). The SMILES string of the molecule is CCC(O)c1cc(Cc2cccc(Cc3cccc(CO)c3O)c2O)c(O)c(OC)c1. The number of aliphatic hydroxyl groups excluding tert-OH is 2. The van der Waals surface area contributed by atoms with Gasteiger partial charge in [0.05, 0.1) is 19.8 Å². The monoisotopic (exact) mass is 424 g/mol. The molecule has 0 aliphatic carbocycles. The molecule has 0 saturated heterocycles. The van der Waals surface area contributed by atoms with Crippen LogP contribution in [0.15, 0.2) is 48.5 Å². The Morgan fingerprint density at radius 2 is 1.29 bits per heavy atom. The molecule has 5 N–H and O–H groups in total. The number of rotatable bonds is 8. The summed E-state index contributed by atoms with van der Waals surface area (Å²) in [7, 11) is 1.45. The van der Waals surface area contributed by atoms with E-state index in [4.69, 9.17) is 4.74 Å². The van der Waals surface area contributed by atoms with Crippen LogP contribution >= 0.6 is 0 Å². The van der Waals surface area contributed by atoms with Gasteiger partial charge in [0.15, 0.2) is 11.5 Å². The second-order valence-electron chi connectivity index (χ2n) is 7.52. The first-order valence-corrected chi connectivity index (χ1v) is 10.2. The largest absolute Gasteiger partial charge is 0.507 e. The zero-order valence-electron chi connectivity index (χ0n) is 17.7. The molecule has 3 aromatic carbocycles. The molecular weight excluding hydrogens is 396 g/mol. The lowest BCUT2D eigenvalue weighted by molar-refractivity contribution is 0.173. The van der Waals surface area contributed by atoms with Crippen LogP contribution in [0.5, 0.6) is 23.0 Å². The average Bonchev–Trinajstić information content (AvgIpc) is 2.78. The highest BCUT2D eigenvalue weighted by Gasteiger charge is 2.17. The standard InChI is InChI=1S/C25H28O6/c1-3-21(27)19-12-20(25(30)22(13-19)31-2)11-17-7-4-6-15(23(17)28)10-16-8-5-9-18(14-26)24(16)29/h4-9,12-13,21,26-30H,3,10-11,14H2,1-2H3. The fraction of sp³-hybridized carbons (Fsp3) is 0.280. The highest BCUT2D eigenvalue weighted by molar-refractivity contribution is 5.53. The van der Waals surface area contributed by atoms with Gasteiger partial charge in [-0.3, -0.25) is 0 Å². The average molecular weight is 424 g/mol. The van der Waals surface area contributed by atoms with Crippen molar-refractivity contribution >= 4 is 0 Å². The van der Waals surface area contributed by atoms with Crippen molar-refractivity contribution in [1.29, 1.82) is 0 Å². The number of aliphatic hydroxyl groups is 2. The highest BCUT2D eigenvalue weighted by atomic mass is 16.5. The van der Waals surface area contributed by atoms with Crippen LogP contribution in [-0.2, 0) is 19.4 Å². The molecule has 0 aliphatic heterocycles. The van der Waals surface area contributed by atoms with Gasteiger partial charge in [0.1, 0.15) is 11.5 Å². The molecule has 31 heavy (non-hydrogen) atoms. The lowest BCUT2D eigenvalue weighted by atomic mass is 9.94. The van der Waals surface area contributed by atoms with Crippen molar-refractivity contribution in [3.8, 4) is 23.0 Å². The van der Waals surface area contributed by atoms with E-state index >= 15 is 0 Å². The third kappa shape index (κ3) is 4.76. The number of aromatic hydroxyl groups is 3. The molecule has 1 atom stereocenters. The third-order valence-corrected chi connectivity index (χ3v) is 5.51. The van der Waals surface area contributed by atoms with E-state index in [0.29, 0.717) is 39.8 Å². The second kappa shape index (κ2) is 9.73. The predicted molar refractivity (Wildman–Crippen MR) is 118 cm³/mol. The maximum atomic E-state index is 10.9. The van der Waals surface area contributed by atoms with Crippen LogP contribution in [0.25, 0.3) is 0 Å². The normalized spacial score (nSPS) is 12.0. The Labute approximate surface area is 181 Å². The maximum absolute atomic E-state index is 10.9. The summed E-state index contributed by atoms with van der Waals surface area (Å²) in [5, 5.41) is 51.4. The molecule has 6 heteroatoms. The number of hydrogen-bond donors (Lipinski definition) is 5. The number of phenols is 3. The molecule has 164 valence electrons. The molecule has 3 aromatic rings. The maximum Gasteiger partial charge on any atom is 0.161 e. The van der Waals surface area contributed by atoms with E-state index in [9.17, 15) is 25.5 Å². The summed E-state index contributed by atoms with van der Waals surface area (Å²) in [6, 6.07) is 13.8. The first-order valence-electron chi connectivity index (χ1n) is 10.2. The van der Waals surface area contributed by atoms with Crippen molar-refractivity contribution in [2.75, 3.05) is 7.11 Å². The van der Waals surface area contributed by atoms with Crippen molar-refractivity contribution in [3.63, 3.8) is 0 Å². The first-order chi connectivity index (χ1) is 14.9. The van der Waals surface area contributed by atoms with E-state index in [0.717, 1.165) is 0 Å². The molecule has 0 bridgehead atoms. The molecular formula is C25H28O6. The first kappa shape index (κ1) is 22.5. The van der Waals surface area contributed by atoms with Crippen LogP contribution in [0.2, 0.25) is 0 Å². The topological polar surface area (TPSA) is 110 Å². The molecule has 0 aromatic heterocycles. The van der Waals surface area contributed by atoms with Gasteiger partial charge in [-0.1, -0.05) is 43.3 Å². The van der Waals surface area contributed by atoms with Gasteiger partial charge in [0, 0.05) is 24.0 Å². The molecule has 0 saturated carbocycles. The van der Waals surface area contributed by atoms with Crippen LogP contribution in [0.3, 0.4) is 0 Å². The molecule has 0 spiro atoms. The smallest absolute Gasteiger partial charge is 0.161 e. The number of phenolic OH excluding ortho intramolecular Hbond substituents is 2. The van der Waals surface area contributed by atoms with E-state index in [1.54, 1.807) is 48.5 Å². The van der Waals surface area contributed by atoms with Crippen LogP contribution in [0, 0.1) is 0 Å². The zero-order valence-corrected chi connectivity index (χ0v) is 17.7. The number of ether oxygens (including phenoxy) is 1. The van der Waals surface area contributed by atoms with Gasteiger partial charge in [-0.25, -0.2) is 0 Å². The Bertz CT molecular complexity index is 1060. The van der Waals surface area contributed by atoms with Crippen molar-refractivity contribution < 1.29 is 30.3 Å². The molecule has 6 nitrogen and oxygen atoms in total. The van der Waals surface area contributed by atoms with E-state index in [2.05, 4.69) is 0 Å². The van der Waals surface area contributed by atoms with Crippen molar-refractivity contribution in [3.05, 3.63) is 81.9 Å². The van der Waals surface area contributed by atoms with E-state index in [1.807, 2.05) is 6.92 Å². The summed E-state index contributed by atoms with van der Waals surface area (Å²) in [6.45, 7) is 1.59. The molecule has 0 radical (unpaired) electrons. The molecule has 0 amide bonds. The summed E-state index contributed by atoms with van der Waals surface area (Å²) in [6.07, 6.45) is 0.345. The molecule has 1 unspecified atom stereocenters. The lowest BCUT2D eigenvalue weighted by Crippen LogP contribution is -2.01. The fourth-order valence-electron chi connectivity index (χ4n) is 3.66. The molecule has 0 fully saturated rings. The minimum Gasteiger partial charge on any atom is -0.507 e. The van der Waals surface area contributed by atoms with Crippen LogP contribution in [-0.4, -0.2) is 32.6 Å². The quantitative estimate of drug-likeness (QED) is 0.375. The van der Waals surface area contributed by atoms with Crippen molar-refractivity contribution in [2.45, 2.75) is 38.9 Å². The summed E-state index contributed by atoms with van der Waals surface area (Å²) < 4.78 is 5.25. The second-order valence-corrected chi connectivity index (χ2v) is 7.52. The van der Waals surface area contributed by atoms with Gasteiger partial charge in [0.2, 0.25) is 0 Å². The number of benzene rings is 3. The van der Waals surface area contributed by atoms with Gasteiger partial charge in [-0.15, -0.1) is 0 Å². The number of para-hydroxylation sites is 2. The minimum atomic E-state index is -0.685.